The van der Waals surface area contributed by atoms with E-state index in [2.05, 4.69) is 15.3 Å². The molecule has 0 aliphatic carbocycles. The number of thiophene rings is 1. The number of nitrogens with one attached hydrogen (secondary N) is 1. The van der Waals surface area contributed by atoms with Crippen molar-refractivity contribution in [2.24, 2.45) is 4.99 Å². The maximum absolute atomic E-state index is 11.9. The second-order valence-electron chi connectivity index (χ2n) is 4.85. The van der Waals surface area contributed by atoms with Gasteiger partial charge in [-0.25, -0.2) is 14.8 Å². The number of aliphatic imine (C=N–C) groups is 1. The van der Waals surface area contributed by atoms with Crippen molar-refractivity contribution in [1.29, 1.82) is 0 Å². The number of carbonyl (C=O) groups excluding carboxylic acids is 2. The lowest BCUT2D eigenvalue weighted by molar-refractivity contribution is -0.129. The fourth-order valence-electron chi connectivity index (χ4n) is 1.88. The van der Waals surface area contributed by atoms with Crippen LogP contribution in [0.1, 0.15) is 17.4 Å². The standard InChI is InChI=1S/C16H13N3O3S/c1-10(20)8-17-14-5-4-11(9-18-14)7-12-16(21)22-15(19-12)13-3-2-6-23-13/h2-7,9H,8H2,1H3,(H,17,18). The van der Waals surface area contributed by atoms with Crippen LogP contribution in [0, 0.1) is 0 Å². The van der Waals surface area contributed by atoms with Crippen LogP contribution in [0.4, 0.5) is 5.82 Å². The van der Waals surface area contributed by atoms with Crippen molar-refractivity contribution < 1.29 is 14.3 Å². The third kappa shape index (κ3) is 3.70. The summed E-state index contributed by atoms with van der Waals surface area (Å²) in [6, 6.07) is 7.24. The molecule has 23 heavy (non-hydrogen) atoms. The first kappa shape index (κ1) is 15.1. The zero-order chi connectivity index (χ0) is 16.2. The van der Waals surface area contributed by atoms with Gasteiger partial charge in [0.25, 0.3) is 0 Å². The maximum Gasteiger partial charge on any atom is 0.363 e. The van der Waals surface area contributed by atoms with Gasteiger partial charge in [0, 0.05) is 6.20 Å². The number of nitrogens with zero attached hydrogens (tertiary/aromatic N) is 2. The van der Waals surface area contributed by atoms with Gasteiger partial charge in [-0.2, -0.15) is 0 Å². The van der Waals surface area contributed by atoms with Crippen LogP contribution in [-0.4, -0.2) is 29.2 Å². The molecule has 2 aromatic heterocycles. The Morgan fingerprint density at radius 3 is 2.91 bits per heavy atom. The number of ketones is 1. The van der Waals surface area contributed by atoms with Crippen LogP contribution in [0.3, 0.4) is 0 Å². The molecule has 0 radical (unpaired) electrons. The Labute approximate surface area is 136 Å². The minimum atomic E-state index is -0.479. The summed E-state index contributed by atoms with van der Waals surface area (Å²) in [4.78, 5) is 32.0. The van der Waals surface area contributed by atoms with E-state index in [1.807, 2.05) is 17.5 Å². The lowest BCUT2D eigenvalue weighted by Gasteiger charge is -2.02. The van der Waals surface area contributed by atoms with Gasteiger partial charge < -0.3 is 10.1 Å². The first-order valence-electron chi connectivity index (χ1n) is 6.87. The molecule has 3 rings (SSSR count). The summed E-state index contributed by atoms with van der Waals surface area (Å²) in [5, 5.41) is 4.79. The minimum absolute atomic E-state index is 0.0298. The molecule has 0 atom stereocenters. The average Bonchev–Trinajstić information content (AvgIpc) is 3.17. The molecule has 0 aromatic carbocycles. The quantitative estimate of drug-likeness (QED) is 0.674. The van der Waals surface area contributed by atoms with Crippen molar-refractivity contribution in [3.05, 3.63) is 52.0 Å². The second-order valence-corrected chi connectivity index (χ2v) is 5.79. The topological polar surface area (TPSA) is 80.6 Å². The van der Waals surface area contributed by atoms with E-state index in [0.717, 1.165) is 10.4 Å². The molecule has 1 N–H and O–H groups in total. The Morgan fingerprint density at radius 2 is 2.26 bits per heavy atom. The van der Waals surface area contributed by atoms with E-state index in [1.54, 1.807) is 24.4 Å². The van der Waals surface area contributed by atoms with Gasteiger partial charge in [0.1, 0.15) is 11.6 Å². The molecule has 2 aromatic rings. The summed E-state index contributed by atoms with van der Waals surface area (Å²) in [5.41, 5.74) is 0.959. The Bertz CT molecular complexity index is 792. The van der Waals surface area contributed by atoms with E-state index in [9.17, 15) is 9.59 Å². The number of Topliss-reactive ketones (excluding diaryl/α,β-unsaturated/α-hetero) is 1. The molecule has 0 unspecified atom stereocenters. The van der Waals surface area contributed by atoms with Crippen LogP contribution in [0.25, 0.3) is 6.08 Å². The fourth-order valence-corrected chi connectivity index (χ4v) is 2.53. The van der Waals surface area contributed by atoms with Gasteiger partial charge in [0.2, 0.25) is 5.90 Å². The van der Waals surface area contributed by atoms with Crippen LogP contribution in [0.2, 0.25) is 0 Å². The Hall–Kier alpha value is -2.80. The summed E-state index contributed by atoms with van der Waals surface area (Å²) in [7, 11) is 0. The van der Waals surface area contributed by atoms with Gasteiger partial charge in [-0.3, -0.25) is 4.79 Å². The van der Waals surface area contributed by atoms with Gasteiger partial charge in [-0.1, -0.05) is 6.07 Å². The van der Waals surface area contributed by atoms with Gasteiger partial charge in [0.15, 0.2) is 5.70 Å². The highest BCUT2D eigenvalue weighted by Gasteiger charge is 2.24. The molecule has 0 amide bonds. The molecule has 0 bridgehead atoms. The lowest BCUT2D eigenvalue weighted by atomic mass is 10.2. The van der Waals surface area contributed by atoms with Gasteiger partial charge in [-0.15, -0.1) is 11.3 Å². The first-order valence-corrected chi connectivity index (χ1v) is 7.75. The molecule has 0 spiro atoms. The average molecular weight is 327 g/mol. The predicted molar refractivity (Wildman–Crippen MR) is 88.3 cm³/mol. The van der Waals surface area contributed by atoms with Crippen molar-refractivity contribution >= 4 is 40.9 Å². The predicted octanol–water partition coefficient (Wildman–Crippen LogP) is 2.49. The number of cyclic esters (lactones) is 1. The number of pyridine rings is 1. The number of hydrogen-bond donors (Lipinski definition) is 1. The molecule has 6 nitrogen and oxygen atoms in total. The lowest BCUT2D eigenvalue weighted by Crippen LogP contribution is -2.10. The second kappa shape index (κ2) is 6.53. The zero-order valence-electron chi connectivity index (χ0n) is 12.3. The minimum Gasteiger partial charge on any atom is -0.401 e. The summed E-state index contributed by atoms with van der Waals surface area (Å²) in [6.07, 6.45) is 3.21. The summed E-state index contributed by atoms with van der Waals surface area (Å²) in [5.74, 6) is 0.470. The van der Waals surface area contributed by atoms with Crippen LogP contribution >= 0.6 is 11.3 Å². The van der Waals surface area contributed by atoms with Crippen LogP contribution < -0.4 is 5.32 Å². The van der Waals surface area contributed by atoms with Crippen molar-refractivity contribution in [3.63, 3.8) is 0 Å². The van der Waals surface area contributed by atoms with Gasteiger partial charge in [0.05, 0.1) is 11.4 Å². The zero-order valence-corrected chi connectivity index (χ0v) is 13.1. The van der Waals surface area contributed by atoms with E-state index in [-0.39, 0.29) is 18.0 Å². The monoisotopic (exact) mass is 327 g/mol. The summed E-state index contributed by atoms with van der Waals surface area (Å²) >= 11 is 1.46. The van der Waals surface area contributed by atoms with Crippen molar-refractivity contribution in [3.8, 4) is 0 Å². The molecule has 7 heteroatoms. The smallest absolute Gasteiger partial charge is 0.363 e. The first-order chi connectivity index (χ1) is 11.1. The Balaban J connectivity index is 1.76. The SMILES string of the molecule is CC(=O)CNc1ccc(C=C2N=C(c3cccs3)OC2=O)cn1. The van der Waals surface area contributed by atoms with Crippen molar-refractivity contribution in [2.45, 2.75) is 6.92 Å². The van der Waals surface area contributed by atoms with E-state index in [0.29, 0.717) is 11.7 Å². The highest BCUT2D eigenvalue weighted by Crippen LogP contribution is 2.21. The summed E-state index contributed by atoms with van der Waals surface area (Å²) < 4.78 is 5.16. The van der Waals surface area contributed by atoms with Crippen molar-refractivity contribution in [2.75, 3.05) is 11.9 Å². The molecule has 0 saturated carbocycles. The molecular weight excluding hydrogens is 314 g/mol. The third-order valence-electron chi connectivity index (χ3n) is 2.96. The molecule has 0 saturated heterocycles. The Morgan fingerprint density at radius 1 is 1.39 bits per heavy atom. The highest BCUT2D eigenvalue weighted by atomic mass is 32.1. The number of aromatic nitrogens is 1. The van der Waals surface area contributed by atoms with Crippen molar-refractivity contribution in [1.82, 2.24) is 4.98 Å². The van der Waals surface area contributed by atoms with E-state index in [4.69, 9.17) is 4.74 Å². The normalized spacial score (nSPS) is 15.4. The van der Waals surface area contributed by atoms with Gasteiger partial charge in [-0.05, 0) is 42.1 Å². The molecule has 0 fully saturated rings. The molecule has 116 valence electrons. The highest BCUT2D eigenvalue weighted by molar-refractivity contribution is 7.12. The van der Waals surface area contributed by atoms with Gasteiger partial charge >= 0.3 is 5.97 Å². The number of anilines is 1. The number of hydrogen-bond acceptors (Lipinski definition) is 7. The Kier molecular flexibility index (Phi) is 4.29. The van der Waals surface area contributed by atoms with E-state index >= 15 is 0 Å². The molecular formula is C16H13N3O3S. The maximum atomic E-state index is 11.9. The number of ether oxygens (including phenoxy) is 1. The molecule has 3 heterocycles. The fraction of sp³-hybridized carbons (Fsp3) is 0.125. The number of esters is 1. The van der Waals surface area contributed by atoms with E-state index < -0.39 is 5.97 Å². The van der Waals surface area contributed by atoms with E-state index in [1.165, 1.54) is 18.3 Å². The van der Waals surface area contributed by atoms with Crippen LogP contribution in [-0.2, 0) is 14.3 Å². The molecule has 1 aliphatic rings. The number of rotatable bonds is 5. The van der Waals surface area contributed by atoms with Crippen LogP contribution in [0.5, 0.6) is 0 Å². The third-order valence-corrected chi connectivity index (χ3v) is 3.82. The largest absolute Gasteiger partial charge is 0.401 e. The molecule has 1 aliphatic heterocycles. The summed E-state index contributed by atoms with van der Waals surface area (Å²) in [6.45, 7) is 1.73. The van der Waals surface area contributed by atoms with Crippen LogP contribution in [0.15, 0.2) is 46.5 Å². The number of carbonyl (C=O) groups is 2.